The highest BCUT2D eigenvalue weighted by atomic mass is 32.1. The Hall–Kier alpha value is -2.73. The number of nitrogens with zero attached hydrogens (tertiary/aromatic N) is 3. The molecule has 12 heteroatoms. The maximum absolute atomic E-state index is 12.4. The van der Waals surface area contributed by atoms with Gasteiger partial charge in [0.2, 0.25) is 11.8 Å². The molecular weight excluding hydrogens is 447 g/mol. The van der Waals surface area contributed by atoms with Crippen LogP contribution in [0.1, 0.15) is 30.7 Å². The van der Waals surface area contributed by atoms with Crippen LogP contribution in [-0.2, 0) is 9.59 Å². The Morgan fingerprint density at radius 1 is 1.31 bits per heavy atom. The van der Waals surface area contributed by atoms with Crippen molar-refractivity contribution in [3.63, 3.8) is 0 Å². The molecule has 8 nitrogen and oxygen atoms in total. The second-order valence-corrected chi connectivity index (χ2v) is 8.66. The zero-order chi connectivity index (χ0) is 23.1. The highest BCUT2D eigenvalue weighted by Gasteiger charge is 2.29. The molecule has 32 heavy (non-hydrogen) atoms. The minimum atomic E-state index is -4.39. The number of carbonyl (C=O) groups is 2. The predicted octanol–water partition coefficient (Wildman–Crippen LogP) is 3.01. The number of nitrogens with one attached hydrogen (secondary N) is 2. The highest BCUT2D eigenvalue weighted by Crippen LogP contribution is 2.30. The highest BCUT2D eigenvalue weighted by molar-refractivity contribution is 7.13. The number of carbonyl (C=O) groups excluding carboxylic acids is 2. The second kappa shape index (κ2) is 10.7. The van der Waals surface area contributed by atoms with Crippen LogP contribution in [0.15, 0.2) is 30.7 Å². The lowest BCUT2D eigenvalue weighted by molar-refractivity contribution is -0.152. The molecule has 1 fully saturated rings. The van der Waals surface area contributed by atoms with Crippen LogP contribution in [0.3, 0.4) is 0 Å². The average Bonchev–Trinajstić information content (AvgIpc) is 3.36. The Kier molecular flexibility index (Phi) is 8.02. The van der Waals surface area contributed by atoms with Crippen LogP contribution in [0.2, 0.25) is 0 Å². The Balaban J connectivity index is 1.39. The fourth-order valence-corrected chi connectivity index (χ4v) is 4.26. The van der Waals surface area contributed by atoms with E-state index in [9.17, 15) is 22.8 Å². The summed E-state index contributed by atoms with van der Waals surface area (Å²) < 4.78 is 41.5. The molecule has 1 aliphatic rings. The molecule has 2 N–H and O–H groups in total. The van der Waals surface area contributed by atoms with Gasteiger partial charge >= 0.3 is 6.18 Å². The van der Waals surface area contributed by atoms with Crippen molar-refractivity contribution in [3.05, 3.63) is 35.6 Å². The number of ether oxygens (including phenoxy) is 1. The summed E-state index contributed by atoms with van der Waals surface area (Å²) in [5, 5.41) is 5.72. The van der Waals surface area contributed by atoms with Gasteiger partial charge in [0.1, 0.15) is 0 Å². The molecule has 0 spiro atoms. The van der Waals surface area contributed by atoms with Crippen molar-refractivity contribution in [3.8, 4) is 5.06 Å². The quantitative estimate of drug-likeness (QED) is 0.584. The number of alkyl halides is 3. The maximum atomic E-state index is 12.4. The number of amides is 2. The van der Waals surface area contributed by atoms with Gasteiger partial charge < -0.3 is 15.4 Å². The van der Waals surface area contributed by atoms with Gasteiger partial charge in [-0.05, 0) is 37.9 Å². The zero-order valence-electron chi connectivity index (χ0n) is 17.4. The fourth-order valence-electron chi connectivity index (χ4n) is 3.40. The van der Waals surface area contributed by atoms with Crippen molar-refractivity contribution in [1.29, 1.82) is 0 Å². The van der Waals surface area contributed by atoms with E-state index in [1.165, 1.54) is 24.7 Å². The molecule has 0 unspecified atom stereocenters. The molecule has 2 aromatic rings. The molecule has 2 amide bonds. The van der Waals surface area contributed by atoms with E-state index in [-0.39, 0.29) is 35.4 Å². The summed E-state index contributed by atoms with van der Waals surface area (Å²) in [5.74, 6) is 0.188. The summed E-state index contributed by atoms with van der Waals surface area (Å²) in [6, 6.07) is 2.77. The first-order chi connectivity index (χ1) is 15.2. The SMILES string of the molecule is C[C@@H](NC(=O)C[C@H]1CCN(CC(=O)Nc2cnccn2)C1)c1ccc(OCC(F)(F)F)s1. The van der Waals surface area contributed by atoms with Crippen LogP contribution in [0, 0.1) is 5.92 Å². The lowest BCUT2D eigenvalue weighted by Gasteiger charge is -2.16. The van der Waals surface area contributed by atoms with E-state index in [2.05, 4.69) is 20.6 Å². The number of hydrogen-bond acceptors (Lipinski definition) is 7. The van der Waals surface area contributed by atoms with E-state index in [1.54, 1.807) is 13.0 Å². The smallest absolute Gasteiger partial charge is 0.422 e. The van der Waals surface area contributed by atoms with Crippen molar-refractivity contribution in [2.75, 3.05) is 31.6 Å². The number of aromatic nitrogens is 2. The van der Waals surface area contributed by atoms with Crippen LogP contribution < -0.4 is 15.4 Å². The van der Waals surface area contributed by atoms with E-state index in [0.29, 0.717) is 30.2 Å². The first-order valence-corrected chi connectivity index (χ1v) is 10.9. The molecule has 2 aromatic heterocycles. The summed E-state index contributed by atoms with van der Waals surface area (Å²) in [5.41, 5.74) is 0. The van der Waals surface area contributed by atoms with Crippen LogP contribution in [0.4, 0.5) is 19.0 Å². The maximum Gasteiger partial charge on any atom is 0.422 e. The number of likely N-dealkylation sites (tertiary alicyclic amines) is 1. The average molecular weight is 472 g/mol. The molecule has 0 bridgehead atoms. The van der Waals surface area contributed by atoms with Gasteiger partial charge in [-0.2, -0.15) is 13.2 Å². The Morgan fingerprint density at radius 3 is 2.84 bits per heavy atom. The van der Waals surface area contributed by atoms with Crippen LogP contribution in [-0.4, -0.2) is 59.1 Å². The minimum absolute atomic E-state index is 0.125. The normalized spacial score (nSPS) is 17.7. The van der Waals surface area contributed by atoms with Gasteiger partial charge in [0.15, 0.2) is 17.5 Å². The molecule has 174 valence electrons. The molecule has 3 heterocycles. The minimum Gasteiger partial charge on any atom is -0.475 e. The van der Waals surface area contributed by atoms with Crippen molar-refractivity contribution in [1.82, 2.24) is 20.2 Å². The van der Waals surface area contributed by atoms with E-state index < -0.39 is 12.8 Å². The summed E-state index contributed by atoms with van der Waals surface area (Å²) in [7, 11) is 0. The number of halogens is 3. The summed E-state index contributed by atoms with van der Waals surface area (Å²) in [4.78, 5) is 35.1. The molecule has 2 atom stereocenters. The largest absolute Gasteiger partial charge is 0.475 e. The summed E-state index contributed by atoms with van der Waals surface area (Å²) in [6.45, 7) is 1.98. The van der Waals surface area contributed by atoms with Crippen LogP contribution in [0.5, 0.6) is 5.06 Å². The van der Waals surface area contributed by atoms with Crippen molar-refractivity contribution in [2.45, 2.75) is 32.0 Å². The molecule has 0 radical (unpaired) electrons. The third-order valence-corrected chi connectivity index (χ3v) is 6.01. The molecular formula is C20H24F3N5O3S. The van der Waals surface area contributed by atoms with E-state index in [4.69, 9.17) is 4.74 Å². The molecule has 1 aliphatic heterocycles. The topological polar surface area (TPSA) is 96.5 Å². The van der Waals surface area contributed by atoms with Crippen molar-refractivity contribution >= 4 is 29.0 Å². The Labute approximate surface area is 187 Å². The van der Waals surface area contributed by atoms with Gasteiger partial charge in [0, 0.05) is 30.2 Å². The number of thiophene rings is 1. The molecule has 3 rings (SSSR count). The number of anilines is 1. The van der Waals surface area contributed by atoms with E-state index in [1.807, 2.05) is 4.90 Å². The third-order valence-electron chi connectivity index (χ3n) is 4.83. The van der Waals surface area contributed by atoms with Gasteiger partial charge in [0.25, 0.3) is 0 Å². The second-order valence-electron chi connectivity index (χ2n) is 7.58. The number of rotatable bonds is 9. The summed E-state index contributed by atoms with van der Waals surface area (Å²) in [6.07, 6.45) is 1.20. The lowest BCUT2D eigenvalue weighted by Crippen LogP contribution is -2.33. The molecule has 0 aliphatic carbocycles. The van der Waals surface area contributed by atoms with E-state index >= 15 is 0 Å². The van der Waals surface area contributed by atoms with E-state index in [0.717, 1.165) is 17.8 Å². The van der Waals surface area contributed by atoms with Gasteiger partial charge in [0.05, 0.1) is 18.8 Å². The molecule has 0 saturated carbocycles. The summed E-state index contributed by atoms with van der Waals surface area (Å²) >= 11 is 1.08. The third kappa shape index (κ3) is 7.75. The molecule has 0 aromatic carbocycles. The van der Waals surface area contributed by atoms with Crippen molar-refractivity contribution < 1.29 is 27.5 Å². The fraction of sp³-hybridized carbons (Fsp3) is 0.500. The van der Waals surface area contributed by atoms with Gasteiger partial charge in [-0.25, -0.2) is 4.98 Å². The standard InChI is InChI=1S/C20H24F3N5O3S/c1-13(15-2-3-19(32-15)31-12-20(21,22)23)26-17(29)8-14-4-7-28(10-14)11-18(30)27-16-9-24-5-6-25-16/h2-3,5-6,9,13-14H,4,7-8,10-12H2,1H3,(H,26,29)(H,25,27,30)/t13-,14-/m1/s1. The lowest BCUT2D eigenvalue weighted by atomic mass is 10.0. The van der Waals surface area contributed by atoms with Crippen LogP contribution >= 0.6 is 11.3 Å². The first-order valence-electron chi connectivity index (χ1n) is 10.0. The monoisotopic (exact) mass is 471 g/mol. The molecule has 1 saturated heterocycles. The van der Waals surface area contributed by atoms with Gasteiger partial charge in [-0.15, -0.1) is 11.3 Å². The Morgan fingerprint density at radius 2 is 2.12 bits per heavy atom. The first kappa shape index (κ1) is 23.9. The van der Waals surface area contributed by atoms with Gasteiger partial charge in [-0.3, -0.25) is 19.5 Å². The zero-order valence-corrected chi connectivity index (χ0v) is 18.2. The predicted molar refractivity (Wildman–Crippen MR) is 112 cm³/mol. The van der Waals surface area contributed by atoms with Crippen molar-refractivity contribution in [2.24, 2.45) is 5.92 Å². The Bertz CT molecular complexity index is 909. The van der Waals surface area contributed by atoms with Gasteiger partial charge in [-0.1, -0.05) is 0 Å². The van der Waals surface area contributed by atoms with Crippen LogP contribution in [0.25, 0.3) is 0 Å². The number of hydrogen-bond donors (Lipinski definition) is 2.